The number of aryl methyl sites for hydroxylation is 2. The summed E-state index contributed by atoms with van der Waals surface area (Å²) in [5.74, 6) is -0.131. The van der Waals surface area contributed by atoms with Crippen LogP contribution in [0.1, 0.15) is 46.4 Å². The molecule has 0 aliphatic heterocycles. The predicted octanol–water partition coefficient (Wildman–Crippen LogP) is 4.32. The Bertz CT molecular complexity index is 681. The Hall–Kier alpha value is -1.80. The predicted molar refractivity (Wildman–Crippen MR) is 85.8 cm³/mol. The maximum absolute atomic E-state index is 12.3. The molecule has 0 saturated heterocycles. The largest absolute Gasteiger partial charge is 0.345 e. The summed E-state index contributed by atoms with van der Waals surface area (Å²) in [7, 11) is 0. The van der Waals surface area contributed by atoms with Crippen molar-refractivity contribution in [3.8, 4) is 0 Å². The normalized spacial score (nSPS) is 14.6. The summed E-state index contributed by atoms with van der Waals surface area (Å²) in [4.78, 5) is 12.3. The molecule has 21 heavy (non-hydrogen) atoms. The van der Waals surface area contributed by atoms with Crippen LogP contribution in [0.5, 0.6) is 0 Å². The molecule has 0 radical (unpaired) electrons. The van der Waals surface area contributed by atoms with Crippen LogP contribution in [0, 0.1) is 0 Å². The molecule has 2 aromatic carbocycles. The van der Waals surface area contributed by atoms with Crippen molar-refractivity contribution in [1.82, 2.24) is 5.32 Å². The molecule has 0 saturated carbocycles. The van der Waals surface area contributed by atoms with E-state index in [1.807, 2.05) is 19.1 Å². The Morgan fingerprint density at radius 3 is 2.71 bits per heavy atom. The Morgan fingerprint density at radius 1 is 1.14 bits per heavy atom. The van der Waals surface area contributed by atoms with Crippen molar-refractivity contribution < 1.29 is 4.79 Å². The van der Waals surface area contributed by atoms with E-state index in [1.54, 1.807) is 12.1 Å². The zero-order valence-corrected chi connectivity index (χ0v) is 12.8. The number of amides is 1. The third kappa shape index (κ3) is 2.96. The van der Waals surface area contributed by atoms with Gasteiger partial charge < -0.3 is 5.32 Å². The Labute approximate surface area is 130 Å². The molecule has 1 N–H and O–H groups in total. The smallest absolute Gasteiger partial charge is 0.253 e. The van der Waals surface area contributed by atoms with E-state index in [4.69, 9.17) is 11.6 Å². The molecule has 0 heterocycles. The fraction of sp³-hybridized carbons (Fsp3) is 0.278. The number of hydrogen-bond acceptors (Lipinski definition) is 1. The first kappa shape index (κ1) is 14.2. The molecule has 1 aliphatic carbocycles. The zero-order valence-electron chi connectivity index (χ0n) is 12.0. The molecule has 1 amide bonds. The lowest BCUT2D eigenvalue weighted by Gasteiger charge is -2.16. The maximum atomic E-state index is 12.3. The Morgan fingerprint density at radius 2 is 1.90 bits per heavy atom. The van der Waals surface area contributed by atoms with E-state index in [1.165, 1.54) is 24.0 Å². The van der Waals surface area contributed by atoms with Crippen LogP contribution < -0.4 is 5.32 Å². The number of hydrogen-bond donors (Lipinski definition) is 1. The minimum absolute atomic E-state index is 0.0281. The van der Waals surface area contributed by atoms with E-state index in [0.717, 1.165) is 12.0 Å². The van der Waals surface area contributed by atoms with Crippen LogP contribution in [0.15, 0.2) is 42.5 Å². The average molecular weight is 300 g/mol. The van der Waals surface area contributed by atoms with Crippen molar-refractivity contribution in [2.45, 2.75) is 32.2 Å². The molecule has 0 spiro atoms. The summed E-state index contributed by atoms with van der Waals surface area (Å²) >= 11 is 6.06. The maximum Gasteiger partial charge on any atom is 0.253 e. The fourth-order valence-electron chi connectivity index (χ4n) is 2.86. The molecule has 3 rings (SSSR count). The standard InChI is InChI=1S/C18H18ClNO/c1-12(14-10-9-13-5-4-6-15(13)11-14)20-18(21)16-7-2-3-8-17(16)19/h2-3,7-12H,4-6H2,1H3,(H,20,21)/t12-/m1/s1. The number of benzene rings is 2. The summed E-state index contributed by atoms with van der Waals surface area (Å²) in [6.07, 6.45) is 3.56. The Balaban J connectivity index is 1.76. The van der Waals surface area contributed by atoms with E-state index in [2.05, 4.69) is 23.5 Å². The second-order valence-corrected chi connectivity index (χ2v) is 5.96. The molecular weight excluding hydrogens is 282 g/mol. The number of carbonyl (C=O) groups is 1. The van der Waals surface area contributed by atoms with Crippen molar-refractivity contribution >= 4 is 17.5 Å². The van der Waals surface area contributed by atoms with Crippen molar-refractivity contribution in [2.75, 3.05) is 0 Å². The summed E-state index contributed by atoms with van der Waals surface area (Å²) in [5, 5.41) is 3.50. The van der Waals surface area contributed by atoms with Gasteiger partial charge in [0.2, 0.25) is 0 Å². The van der Waals surface area contributed by atoms with Gasteiger partial charge in [-0.25, -0.2) is 0 Å². The molecule has 2 nitrogen and oxygen atoms in total. The highest BCUT2D eigenvalue weighted by Gasteiger charge is 2.16. The van der Waals surface area contributed by atoms with Gasteiger partial charge in [0.05, 0.1) is 16.6 Å². The molecule has 0 unspecified atom stereocenters. The van der Waals surface area contributed by atoms with Gasteiger partial charge >= 0.3 is 0 Å². The van der Waals surface area contributed by atoms with Crippen molar-refractivity contribution in [1.29, 1.82) is 0 Å². The molecule has 2 aromatic rings. The molecule has 1 aliphatic rings. The molecule has 0 bridgehead atoms. The van der Waals surface area contributed by atoms with Crippen LogP contribution in [-0.4, -0.2) is 5.91 Å². The topological polar surface area (TPSA) is 29.1 Å². The summed E-state index contributed by atoms with van der Waals surface area (Å²) in [6, 6.07) is 13.6. The first-order valence-electron chi connectivity index (χ1n) is 7.32. The van der Waals surface area contributed by atoms with Crippen LogP contribution in [0.25, 0.3) is 0 Å². The van der Waals surface area contributed by atoms with Crippen LogP contribution in [0.4, 0.5) is 0 Å². The summed E-state index contributed by atoms with van der Waals surface area (Å²) in [6.45, 7) is 2.01. The summed E-state index contributed by atoms with van der Waals surface area (Å²) < 4.78 is 0. The van der Waals surface area contributed by atoms with Crippen LogP contribution >= 0.6 is 11.6 Å². The minimum Gasteiger partial charge on any atom is -0.345 e. The van der Waals surface area contributed by atoms with Crippen molar-refractivity contribution in [3.05, 3.63) is 69.7 Å². The number of carbonyl (C=O) groups excluding carboxylic acids is 1. The second kappa shape index (κ2) is 5.90. The van der Waals surface area contributed by atoms with Gasteiger partial charge in [0, 0.05) is 0 Å². The molecular formula is C18H18ClNO. The minimum atomic E-state index is -0.131. The number of rotatable bonds is 3. The van der Waals surface area contributed by atoms with Gasteiger partial charge in [-0.1, -0.05) is 41.9 Å². The quantitative estimate of drug-likeness (QED) is 0.898. The average Bonchev–Trinajstić information content (AvgIpc) is 2.94. The third-order valence-corrected chi connectivity index (χ3v) is 4.42. The van der Waals surface area contributed by atoms with Gasteiger partial charge in [0.15, 0.2) is 0 Å². The van der Waals surface area contributed by atoms with Crippen molar-refractivity contribution in [2.24, 2.45) is 0 Å². The van der Waals surface area contributed by atoms with Crippen molar-refractivity contribution in [3.63, 3.8) is 0 Å². The number of halogens is 1. The SMILES string of the molecule is C[C@@H](NC(=O)c1ccccc1Cl)c1ccc2c(c1)CCC2. The first-order chi connectivity index (χ1) is 10.1. The number of fused-ring (bicyclic) bond motifs is 1. The highest BCUT2D eigenvalue weighted by molar-refractivity contribution is 6.33. The van der Waals surface area contributed by atoms with Crippen LogP contribution in [0.3, 0.4) is 0 Å². The van der Waals surface area contributed by atoms with E-state index < -0.39 is 0 Å². The third-order valence-electron chi connectivity index (χ3n) is 4.09. The van der Waals surface area contributed by atoms with E-state index in [9.17, 15) is 4.79 Å². The monoisotopic (exact) mass is 299 g/mol. The van der Waals surface area contributed by atoms with E-state index >= 15 is 0 Å². The van der Waals surface area contributed by atoms with Gasteiger partial charge in [0.1, 0.15) is 0 Å². The molecule has 0 fully saturated rings. The molecule has 1 atom stereocenters. The van der Waals surface area contributed by atoms with Gasteiger partial charge in [0.25, 0.3) is 5.91 Å². The van der Waals surface area contributed by atoms with E-state index in [-0.39, 0.29) is 11.9 Å². The molecule has 3 heteroatoms. The lowest BCUT2D eigenvalue weighted by Crippen LogP contribution is -2.26. The number of nitrogens with one attached hydrogen (secondary N) is 1. The fourth-order valence-corrected chi connectivity index (χ4v) is 3.09. The first-order valence-corrected chi connectivity index (χ1v) is 7.70. The van der Waals surface area contributed by atoms with E-state index in [0.29, 0.717) is 10.6 Å². The van der Waals surface area contributed by atoms with Crippen LogP contribution in [-0.2, 0) is 12.8 Å². The van der Waals surface area contributed by atoms with Gasteiger partial charge in [-0.15, -0.1) is 0 Å². The molecule has 108 valence electrons. The van der Waals surface area contributed by atoms with Gasteiger partial charge in [-0.05, 0) is 55.0 Å². The van der Waals surface area contributed by atoms with Gasteiger partial charge in [-0.2, -0.15) is 0 Å². The van der Waals surface area contributed by atoms with Crippen LogP contribution in [0.2, 0.25) is 5.02 Å². The highest BCUT2D eigenvalue weighted by atomic mass is 35.5. The highest BCUT2D eigenvalue weighted by Crippen LogP contribution is 2.25. The summed E-state index contributed by atoms with van der Waals surface area (Å²) in [5.41, 5.74) is 4.54. The zero-order chi connectivity index (χ0) is 14.8. The molecule has 0 aromatic heterocycles. The second-order valence-electron chi connectivity index (χ2n) is 5.56. The lowest BCUT2D eigenvalue weighted by molar-refractivity contribution is 0.0940. The van der Waals surface area contributed by atoms with Gasteiger partial charge in [-0.3, -0.25) is 4.79 Å². The lowest BCUT2D eigenvalue weighted by atomic mass is 10.0. The Kier molecular flexibility index (Phi) is 3.98.